The van der Waals surface area contributed by atoms with Crippen LogP contribution in [0.1, 0.15) is 118 Å². The smallest absolute Gasteiger partial charge is 0.215 e. The van der Waals surface area contributed by atoms with E-state index in [4.69, 9.17) is 0 Å². The highest BCUT2D eigenvalue weighted by Crippen LogP contribution is 2.67. The minimum Gasteiger partial charge on any atom is -0.282 e. The molecule has 0 heterocycles. The van der Waals surface area contributed by atoms with Gasteiger partial charge in [-0.05, 0) is 116 Å². The highest BCUT2D eigenvalue weighted by atomic mass is 32.2. The molecular formula is C37H54OS. The predicted molar refractivity (Wildman–Crippen MR) is 170 cm³/mol. The van der Waals surface area contributed by atoms with Gasteiger partial charge >= 0.3 is 0 Å². The topological polar surface area (TPSA) is 17.1 Å². The van der Waals surface area contributed by atoms with Crippen molar-refractivity contribution in [1.29, 1.82) is 0 Å². The van der Waals surface area contributed by atoms with Gasteiger partial charge in [-0.25, -0.2) is 0 Å². The number of allylic oxidation sites excluding steroid dienone is 2. The molecule has 0 saturated heterocycles. The lowest BCUT2D eigenvalue weighted by Gasteiger charge is -2.58. The first-order valence-electron chi connectivity index (χ1n) is 16.3. The zero-order valence-corrected chi connectivity index (χ0v) is 26.5. The molecule has 0 N–H and O–H groups in total. The molecule has 1 aromatic carbocycles. The van der Waals surface area contributed by atoms with Gasteiger partial charge in [-0.2, -0.15) is 0 Å². The zero-order valence-electron chi connectivity index (χ0n) is 25.7. The first kappa shape index (κ1) is 29.2. The third-order valence-corrected chi connectivity index (χ3v) is 13.3. The Balaban J connectivity index is 1.23. The number of thioether (sulfide) groups is 1. The van der Waals surface area contributed by atoms with Crippen LogP contribution in [0.15, 0.2) is 47.6 Å². The van der Waals surface area contributed by atoms with Crippen LogP contribution < -0.4 is 0 Å². The molecule has 3 saturated carbocycles. The summed E-state index contributed by atoms with van der Waals surface area (Å²) < 4.78 is 0. The molecule has 0 spiro atoms. The van der Waals surface area contributed by atoms with Crippen LogP contribution in [-0.2, 0) is 4.79 Å². The fourth-order valence-corrected chi connectivity index (χ4v) is 10.9. The van der Waals surface area contributed by atoms with Crippen molar-refractivity contribution in [3.05, 3.63) is 53.1 Å². The molecule has 0 aliphatic heterocycles. The van der Waals surface area contributed by atoms with Gasteiger partial charge in [0.25, 0.3) is 0 Å². The molecule has 1 aromatic rings. The number of carbonyl (C=O) groups excluding carboxylic acids is 1. The molecule has 214 valence electrons. The van der Waals surface area contributed by atoms with Crippen molar-refractivity contribution in [3.63, 3.8) is 0 Å². The van der Waals surface area contributed by atoms with Crippen molar-refractivity contribution in [2.45, 2.75) is 117 Å². The molecule has 0 bridgehead atoms. The van der Waals surface area contributed by atoms with E-state index in [1.807, 2.05) is 31.2 Å². The van der Waals surface area contributed by atoms with E-state index in [-0.39, 0.29) is 5.12 Å². The SMILES string of the molecule is CC(=Cc1ccccc1)C(=O)S[C@H]1CC[C@@]2(C)C(=CC[C@@H]3[C@H]4CC[C@H]([C@H](C)CCCC(C)C)[C@@]4(C)CC[C@@H]32)C1. The second-order valence-corrected chi connectivity index (χ2v) is 16.1. The fourth-order valence-electron chi connectivity index (χ4n) is 9.86. The number of benzene rings is 1. The maximum atomic E-state index is 13.1. The summed E-state index contributed by atoms with van der Waals surface area (Å²) in [4.78, 5) is 13.1. The zero-order chi connectivity index (χ0) is 27.8. The van der Waals surface area contributed by atoms with Crippen molar-refractivity contribution < 1.29 is 4.79 Å². The summed E-state index contributed by atoms with van der Waals surface area (Å²) in [5.41, 5.74) is 4.61. The van der Waals surface area contributed by atoms with Gasteiger partial charge in [-0.15, -0.1) is 0 Å². The number of fused-ring (bicyclic) bond motifs is 5. The summed E-state index contributed by atoms with van der Waals surface area (Å²) in [6, 6.07) is 10.3. The lowest BCUT2D eigenvalue weighted by Crippen LogP contribution is -2.50. The normalized spacial score (nSPS) is 37.1. The standard InChI is InChI=1S/C37H54OS/c1-25(2)11-10-12-26(3)32-17-18-33-31-16-15-29-24-30(19-21-36(29,5)34(31)20-22-37(32,33)6)39-35(38)27(4)23-28-13-8-7-9-14-28/h7-9,13-15,23,25-26,30-34H,10-12,16-22,24H2,1-6H3/t26-,30+,31-,32-,33-,34+,36+,37-/m1/s1. The Morgan fingerprint density at radius 3 is 2.51 bits per heavy atom. The summed E-state index contributed by atoms with van der Waals surface area (Å²) in [6.07, 6.45) is 19.6. The molecule has 0 unspecified atom stereocenters. The molecule has 0 radical (unpaired) electrons. The Morgan fingerprint density at radius 2 is 1.77 bits per heavy atom. The molecule has 2 heteroatoms. The third kappa shape index (κ3) is 5.89. The first-order chi connectivity index (χ1) is 18.6. The molecule has 5 rings (SSSR count). The van der Waals surface area contributed by atoms with E-state index in [9.17, 15) is 4.79 Å². The summed E-state index contributed by atoms with van der Waals surface area (Å²) >= 11 is 1.61. The number of hydrogen-bond acceptors (Lipinski definition) is 2. The van der Waals surface area contributed by atoms with E-state index in [0.29, 0.717) is 16.1 Å². The lowest BCUT2D eigenvalue weighted by molar-refractivity contribution is -0.107. The minimum atomic E-state index is 0.259. The minimum absolute atomic E-state index is 0.259. The molecule has 0 amide bonds. The number of rotatable bonds is 8. The maximum Gasteiger partial charge on any atom is 0.215 e. The second-order valence-electron chi connectivity index (χ2n) is 14.8. The van der Waals surface area contributed by atoms with Gasteiger partial charge in [0.15, 0.2) is 0 Å². The molecule has 0 aromatic heterocycles. The Bertz CT molecular complexity index is 1070. The van der Waals surface area contributed by atoms with Crippen LogP contribution in [0.4, 0.5) is 0 Å². The van der Waals surface area contributed by atoms with Crippen LogP contribution in [0.5, 0.6) is 0 Å². The van der Waals surface area contributed by atoms with E-state index in [0.717, 1.165) is 53.1 Å². The maximum absolute atomic E-state index is 13.1. The molecule has 39 heavy (non-hydrogen) atoms. The number of carbonyl (C=O) groups is 1. The van der Waals surface area contributed by atoms with Crippen LogP contribution in [0.2, 0.25) is 0 Å². The van der Waals surface area contributed by atoms with E-state index in [2.05, 4.69) is 52.8 Å². The summed E-state index contributed by atoms with van der Waals surface area (Å²) in [7, 11) is 0. The average Bonchev–Trinajstić information content (AvgIpc) is 3.26. The third-order valence-electron chi connectivity index (χ3n) is 12.0. The van der Waals surface area contributed by atoms with Crippen LogP contribution in [0, 0.1) is 46.3 Å². The Morgan fingerprint density at radius 1 is 1.00 bits per heavy atom. The second kappa shape index (κ2) is 11.9. The van der Waals surface area contributed by atoms with Crippen LogP contribution in [0.3, 0.4) is 0 Å². The van der Waals surface area contributed by atoms with Gasteiger partial charge in [0.2, 0.25) is 5.12 Å². The van der Waals surface area contributed by atoms with Gasteiger partial charge in [-0.1, -0.05) is 108 Å². The van der Waals surface area contributed by atoms with Gasteiger partial charge in [0, 0.05) is 10.8 Å². The van der Waals surface area contributed by atoms with E-state index >= 15 is 0 Å². The summed E-state index contributed by atoms with van der Waals surface area (Å²) in [5.74, 6) is 5.30. The molecule has 8 atom stereocenters. The fraction of sp³-hybridized carbons (Fsp3) is 0.703. The van der Waals surface area contributed by atoms with E-state index in [1.54, 1.807) is 17.3 Å². The van der Waals surface area contributed by atoms with Crippen molar-refractivity contribution in [3.8, 4) is 0 Å². The van der Waals surface area contributed by atoms with Gasteiger partial charge in [0.05, 0.1) is 0 Å². The molecule has 1 nitrogen and oxygen atoms in total. The quantitative estimate of drug-likeness (QED) is 0.238. The van der Waals surface area contributed by atoms with E-state index < -0.39 is 0 Å². The van der Waals surface area contributed by atoms with Crippen molar-refractivity contribution in [1.82, 2.24) is 0 Å². The van der Waals surface area contributed by atoms with Crippen molar-refractivity contribution in [2.24, 2.45) is 46.3 Å². The first-order valence-corrected chi connectivity index (χ1v) is 17.1. The average molecular weight is 547 g/mol. The summed E-state index contributed by atoms with van der Waals surface area (Å²) in [5, 5.41) is 0.693. The predicted octanol–water partition coefficient (Wildman–Crippen LogP) is 10.8. The molecular weight excluding hydrogens is 492 g/mol. The monoisotopic (exact) mass is 546 g/mol. The highest BCUT2D eigenvalue weighted by molar-refractivity contribution is 8.14. The Hall–Kier alpha value is -1.28. The van der Waals surface area contributed by atoms with Crippen LogP contribution in [0.25, 0.3) is 6.08 Å². The Labute approximate surface area is 244 Å². The lowest BCUT2D eigenvalue weighted by atomic mass is 9.47. The largest absolute Gasteiger partial charge is 0.282 e. The van der Waals surface area contributed by atoms with Crippen molar-refractivity contribution >= 4 is 23.0 Å². The highest BCUT2D eigenvalue weighted by Gasteiger charge is 2.59. The van der Waals surface area contributed by atoms with Crippen LogP contribution >= 0.6 is 11.8 Å². The molecule has 4 aliphatic rings. The number of hydrogen-bond donors (Lipinski definition) is 0. The summed E-state index contributed by atoms with van der Waals surface area (Å²) in [6.45, 7) is 14.6. The van der Waals surface area contributed by atoms with Gasteiger partial charge in [0.1, 0.15) is 0 Å². The Kier molecular flexibility index (Phi) is 8.92. The van der Waals surface area contributed by atoms with E-state index in [1.165, 1.54) is 64.2 Å². The molecule has 3 fully saturated rings. The van der Waals surface area contributed by atoms with Gasteiger partial charge in [-0.3, -0.25) is 4.79 Å². The van der Waals surface area contributed by atoms with Gasteiger partial charge < -0.3 is 0 Å². The van der Waals surface area contributed by atoms with Crippen molar-refractivity contribution in [2.75, 3.05) is 0 Å². The van der Waals surface area contributed by atoms with Crippen LogP contribution in [-0.4, -0.2) is 10.4 Å². The molecule has 4 aliphatic carbocycles.